The Bertz CT molecular complexity index is 1010. The Labute approximate surface area is 187 Å². The number of benzene rings is 2. The maximum atomic E-state index is 12.8. The number of piperidine rings is 1. The third-order valence-electron chi connectivity index (χ3n) is 4.88. The Morgan fingerprint density at radius 1 is 1.13 bits per heavy atom. The maximum absolute atomic E-state index is 12.8. The van der Waals surface area contributed by atoms with Crippen molar-refractivity contribution in [2.45, 2.75) is 43.7 Å². The minimum absolute atomic E-state index is 0.185. The van der Waals surface area contributed by atoms with Gasteiger partial charge in [0.15, 0.2) is 6.10 Å². The van der Waals surface area contributed by atoms with E-state index in [1.54, 1.807) is 43.3 Å². The van der Waals surface area contributed by atoms with Crippen molar-refractivity contribution in [3.05, 3.63) is 58.1 Å². The lowest BCUT2D eigenvalue weighted by Gasteiger charge is -2.26. The molecule has 0 bridgehead atoms. The highest BCUT2D eigenvalue weighted by Gasteiger charge is 2.26. The van der Waals surface area contributed by atoms with Gasteiger partial charge in [-0.1, -0.05) is 41.8 Å². The number of nitrogens with zero attached hydrogens (tertiary/aromatic N) is 1. The highest BCUT2D eigenvalue weighted by Crippen LogP contribution is 2.28. The van der Waals surface area contributed by atoms with Crippen LogP contribution in [-0.4, -0.2) is 37.8 Å². The molecular formula is C21H24Cl2N2O4S. The quantitative estimate of drug-likeness (QED) is 0.655. The second-order valence-electron chi connectivity index (χ2n) is 7.16. The summed E-state index contributed by atoms with van der Waals surface area (Å²) in [5, 5.41) is 3.56. The van der Waals surface area contributed by atoms with E-state index in [9.17, 15) is 13.2 Å². The molecule has 1 heterocycles. The maximum Gasteiger partial charge on any atom is 0.261 e. The summed E-state index contributed by atoms with van der Waals surface area (Å²) < 4.78 is 32.8. The monoisotopic (exact) mass is 470 g/mol. The fourth-order valence-electron chi connectivity index (χ4n) is 3.22. The van der Waals surface area contributed by atoms with E-state index in [1.807, 2.05) is 0 Å². The molecule has 1 saturated heterocycles. The Hall–Kier alpha value is -1.80. The number of nitrogens with one attached hydrogen (secondary N) is 1. The second kappa shape index (κ2) is 10.0. The first-order chi connectivity index (χ1) is 14.3. The summed E-state index contributed by atoms with van der Waals surface area (Å²) in [5.74, 6) is 0.0173. The SMILES string of the molecule is CC(Oc1ccc(Cl)cc1Cl)C(=O)NCc1cccc(S(=O)(=O)N2CCCCC2)c1. The van der Waals surface area contributed by atoms with Crippen molar-refractivity contribution in [2.24, 2.45) is 0 Å². The Morgan fingerprint density at radius 2 is 1.87 bits per heavy atom. The fraction of sp³-hybridized carbons (Fsp3) is 0.381. The molecule has 0 aromatic heterocycles. The van der Waals surface area contributed by atoms with Gasteiger partial charge in [0, 0.05) is 24.7 Å². The zero-order valence-corrected chi connectivity index (χ0v) is 18.9. The lowest BCUT2D eigenvalue weighted by atomic mass is 10.2. The van der Waals surface area contributed by atoms with Crippen molar-refractivity contribution in [1.82, 2.24) is 9.62 Å². The van der Waals surface area contributed by atoms with Crippen molar-refractivity contribution >= 4 is 39.1 Å². The summed E-state index contributed by atoms with van der Waals surface area (Å²) in [6.45, 7) is 2.89. The van der Waals surface area contributed by atoms with Gasteiger partial charge in [0.05, 0.1) is 9.92 Å². The van der Waals surface area contributed by atoms with E-state index >= 15 is 0 Å². The minimum atomic E-state index is -3.52. The number of hydrogen-bond acceptors (Lipinski definition) is 4. The zero-order valence-electron chi connectivity index (χ0n) is 16.6. The van der Waals surface area contributed by atoms with Crippen LogP contribution in [0.2, 0.25) is 10.0 Å². The van der Waals surface area contributed by atoms with Crippen molar-refractivity contribution in [1.29, 1.82) is 0 Å². The van der Waals surface area contributed by atoms with Crippen molar-refractivity contribution in [3.8, 4) is 5.75 Å². The average Bonchev–Trinajstić information content (AvgIpc) is 2.74. The van der Waals surface area contributed by atoms with E-state index in [1.165, 1.54) is 10.4 Å². The van der Waals surface area contributed by atoms with Crippen molar-refractivity contribution in [3.63, 3.8) is 0 Å². The molecule has 1 aliphatic rings. The largest absolute Gasteiger partial charge is 0.479 e. The minimum Gasteiger partial charge on any atom is -0.479 e. The number of carbonyl (C=O) groups is 1. The first-order valence-electron chi connectivity index (χ1n) is 9.76. The molecule has 0 saturated carbocycles. The lowest BCUT2D eigenvalue weighted by Crippen LogP contribution is -2.36. The molecule has 1 N–H and O–H groups in total. The molecular weight excluding hydrogens is 447 g/mol. The average molecular weight is 471 g/mol. The van der Waals surface area contributed by atoms with Crippen LogP contribution in [0.15, 0.2) is 47.4 Å². The van der Waals surface area contributed by atoms with Gasteiger partial charge in [-0.2, -0.15) is 4.31 Å². The highest BCUT2D eigenvalue weighted by atomic mass is 35.5. The topological polar surface area (TPSA) is 75.7 Å². The number of amides is 1. The van der Waals surface area contributed by atoms with E-state index in [4.69, 9.17) is 27.9 Å². The van der Waals surface area contributed by atoms with E-state index < -0.39 is 16.1 Å². The standard InChI is InChI=1S/C21H24Cl2N2O4S/c1-15(29-20-9-8-17(22)13-19(20)23)21(26)24-14-16-6-5-7-18(12-16)30(27,28)25-10-3-2-4-11-25/h5-9,12-13,15H,2-4,10-11,14H2,1H3,(H,24,26). The molecule has 0 spiro atoms. The molecule has 6 nitrogen and oxygen atoms in total. The number of rotatable bonds is 7. The van der Waals surface area contributed by atoms with Gasteiger partial charge in [0.2, 0.25) is 10.0 Å². The number of sulfonamides is 1. The van der Waals surface area contributed by atoms with Gasteiger partial charge in [-0.15, -0.1) is 0 Å². The summed E-state index contributed by atoms with van der Waals surface area (Å²) >= 11 is 11.9. The number of hydrogen-bond donors (Lipinski definition) is 1. The van der Waals surface area contributed by atoms with Crippen LogP contribution in [0.5, 0.6) is 5.75 Å². The summed E-state index contributed by atoms with van der Waals surface area (Å²) in [5.41, 5.74) is 0.693. The van der Waals surface area contributed by atoms with Gasteiger partial charge in [-0.25, -0.2) is 8.42 Å². The third-order valence-corrected chi connectivity index (χ3v) is 7.31. The van der Waals surface area contributed by atoms with E-state index in [0.717, 1.165) is 19.3 Å². The van der Waals surface area contributed by atoms with Crippen LogP contribution in [0.1, 0.15) is 31.7 Å². The Kier molecular flexibility index (Phi) is 7.63. The summed E-state index contributed by atoms with van der Waals surface area (Å²) in [6.07, 6.45) is 2.03. The highest BCUT2D eigenvalue weighted by molar-refractivity contribution is 7.89. The van der Waals surface area contributed by atoms with Gasteiger partial charge >= 0.3 is 0 Å². The predicted octanol–water partition coefficient (Wildman–Crippen LogP) is 4.25. The Balaban J connectivity index is 1.61. The molecule has 3 rings (SSSR count). The van der Waals surface area contributed by atoms with Crippen molar-refractivity contribution in [2.75, 3.05) is 13.1 Å². The molecule has 1 unspecified atom stereocenters. The zero-order chi connectivity index (χ0) is 21.7. The Morgan fingerprint density at radius 3 is 2.57 bits per heavy atom. The fourth-order valence-corrected chi connectivity index (χ4v) is 5.26. The first kappa shape index (κ1) is 22.9. The molecule has 0 aliphatic carbocycles. The predicted molar refractivity (Wildman–Crippen MR) is 117 cm³/mol. The first-order valence-corrected chi connectivity index (χ1v) is 12.0. The van der Waals surface area contributed by atoms with E-state index in [-0.39, 0.29) is 17.3 Å². The summed E-state index contributed by atoms with van der Waals surface area (Å²) in [6, 6.07) is 11.4. The molecule has 1 atom stereocenters. The van der Waals surface area contributed by atoms with Crippen LogP contribution >= 0.6 is 23.2 Å². The molecule has 2 aromatic carbocycles. The van der Waals surface area contributed by atoms with Crippen LogP contribution in [0.3, 0.4) is 0 Å². The third kappa shape index (κ3) is 5.66. The second-order valence-corrected chi connectivity index (χ2v) is 9.95. The molecule has 162 valence electrons. The van der Waals surface area contributed by atoms with Gasteiger partial charge in [0.25, 0.3) is 5.91 Å². The summed E-state index contributed by atoms with van der Waals surface area (Å²) in [7, 11) is -3.52. The molecule has 9 heteroatoms. The van der Waals surface area contributed by atoms with E-state index in [0.29, 0.717) is 34.4 Å². The van der Waals surface area contributed by atoms with Crippen LogP contribution < -0.4 is 10.1 Å². The lowest BCUT2D eigenvalue weighted by molar-refractivity contribution is -0.127. The number of ether oxygens (including phenoxy) is 1. The molecule has 1 fully saturated rings. The van der Waals surface area contributed by atoms with Gasteiger partial charge in [-0.05, 0) is 55.7 Å². The number of halogens is 2. The molecule has 1 aliphatic heterocycles. The van der Waals surface area contributed by atoms with E-state index in [2.05, 4.69) is 5.32 Å². The van der Waals surface area contributed by atoms with Crippen LogP contribution in [0, 0.1) is 0 Å². The molecule has 2 aromatic rings. The van der Waals surface area contributed by atoms with Crippen LogP contribution in [-0.2, 0) is 21.4 Å². The molecule has 1 amide bonds. The summed E-state index contributed by atoms with van der Waals surface area (Å²) in [4.78, 5) is 12.6. The van der Waals surface area contributed by atoms with Crippen LogP contribution in [0.4, 0.5) is 0 Å². The number of carbonyl (C=O) groups excluding carboxylic acids is 1. The van der Waals surface area contributed by atoms with Gasteiger partial charge < -0.3 is 10.1 Å². The smallest absolute Gasteiger partial charge is 0.261 e. The van der Waals surface area contributed by atoms with Crippen molar-refractivity contribution < 1.29 is 17.9 Å². The van der Waals surface area contributed by atoms with Gasteiger partial charge in [-0.3, -0.25) is 4.79 Å². The van der Waals surface area contributed by atoms with Crippen LogP contribution in [0.25, 0.3) is 0 Å². The molecule has 0 radical (unpaired) electrons. The normalized spacial score (nSPS) is 16.1. The molecule has 30 heavy (non-hydrogen) atoms. The van der Waals surface area contributed by atoms with Gasteiger partial charge in [0.1, 0.15) is 5.75 Å².